The summed E-state index contributed by atoms with van der Waals surface area (Å²) in [7, 11) is 0. The molecule has 0 N–H and O–H groups in total. The number of rotatable bonds is 1. The van der Waals surface area contributed by atoms with E-state index in [0.717, 1.165) is 0 Å². The molecule has 0 heterocycles. The molecule has 0 aromatic carbocycles. The summed E-state index contributed by atoms with van der Waals surface area (Å²) in [5.74, 6) is -3.33. The minimum Gasteiger partial charge on any atom is -0.374 e. The van der Waals surface area contributed by atoms with Gasteiger partial charge in [0.05, 0.1) is 0 Å². The van der Waals surface area contributed by atoms with E-state index in [1.165, 1.54) is 0 Å². The maximum atomic E-state index is 11.2. The average Bonchev–Trinajstić information content (AvgIpc) is 2.54. The van der Waals surface area contributed by atoms with Crippen LogP contribution >= 0.6 is 0 Å². The van der Waals surface area contributed by atoms with E-state index in [4.69, 9.17) is 0 Å². The fraction of sp³-hybridized carbons (Fsp3) is 0.167. The molecule has 0 aromatic heterocycles. The molecular formula is C12H6F18O. The molecule has 0 radical (unpaired) electrons. The molecule has 1 nitrogen and oxygen atoms in total. The number of halogens is 18. The molecule has 0 amide bonds. The van der Waals surface area contributed by atoms with E-state index in [9.17, 15) is 79.0 Å². The first-order valence-corrected chi connectivity index (χ1v) is 5.66. The molecule has 0 saturated carbocycles. The zero-order valence-corrected chi connectivity index (χ0v) is 13.8. The van der Waals surface area contributed by atoms with Crippen LogP contribution in [0, 0.1) is 0 Å². The molecule has 31 heavy (non-hydrogen) atoms. The van der Waals surface area contributed by atoms with E-state index in [-0.39, 0.29) is 0 Å². The highest BCUT2D eigenvalue weighted by Gasteiger charge is 2.38. The summed E-state index contributed by atoms with van der Waals surface area (Å²) >= 11 is 0. The topological polar surface area (TPSA) is 9.23 Å². The van der Waals surface area contributed by atoms with Crippen LogP contribution in [0.4, 0.5) is 79.0 Å². The predicted molar refractivity (Wildman–Crippen MR) is 68.0 cm³/mol. The molecule has 0 atom stereocenters. The Kier molecular flexibility index (Phi) is 24.1. The number of hydrogen-bond acceptors (Lipinski definition) is 1. The second-order valence-electron chi connectivity index (χ2n) is 3.01. The van der Waals surface area contributed by atoms with Gasteiger partial charge in [0.2, 0.25) is 0 Å². The van der Waals surface area contributed by atoms with Crippen molar-refractivity contribution in [3.8, 4) is 0 Å². The average molecular weight is 508 g/mol. The number of hydrogen-bond donors (Lipinski definition) is 0. The van der Waals surface area contributed by atoms with Crippen molar-refractivity contribution in [3.05, 3.63) is 62.0 Å². The third-order valence-corrected chi connectivity index (χ3v) is 0.912. The maximum absolute atomic E-state index is 11.2. The van der Waals surface area contributed by atoms with Crippen molar-refractivity contribution >= 4 is 0 Å². The summed E-state index contributed by atoms with van der Waals surface area (Å²) in [6.07, 6.45) is -25.1. The van der Waals surface area contributed by atoms with Gasteiger partial charge in [-0.25, -0.2) is 0 Å². The van der Waals surface area contributed by atoms with Crippen LogP contribution in [-0.4, -0.2) is 12.5 Å². The fourth-order valence-electron chi connectivity index (χ4n) is 0.247. The third kappa shape index (κ3) is 42.4. The molecule has 0 unspecified atom stereocenters. The monoisotopic (exact) mass is 508 g/mol. The van der Waals surface area contributed by atoms with Crippen molar-refractivity contribution < 1.29 is 83.8 Å². The van der Waals surface area contributed by atoms with Gasteiger partial charge in [0.15, 0.2) is 0 Å². The van der Waals surface area contributed by atoms with Gasteiger partial charge in [0.1, 0.15) is 0 Å². The molecule has 0 aliphatic rings. The zero-order valence-electron chi connectivity index (χ0n) is 13.8. The summed E-state index contributed by atoms with van der Waals surface area (Å²) in [5, 5.41) is 0. The first kappa shape index (κ1) is 38.8. The molecule has 0 aromatic rings. The van der Waals surface area contributed by atoms with Gasteiger partial charge in [-0.3, -0.25) is 0 Å². The molecule has 19 heteroatoms. The van der Waals surface area contributed by atoms with E-state index in [2.05, 4.69) is 24.5 Å². The van der Waals surface area contributed by atoms with E-state index in [0.29, 0.717) is 0 Å². The Morgan fingerprint density at radius 1 is 0.516 bits per heavy atom. The third-order valence-electron chi connectivity index (χ3n) is 0.912. The maximum Gasteiger partial charge on any atom is 0.574 e. The first-order chi connectivity index (χ1) is 13.6. The fourth-order valence-corrected chi connectivity index (χ4v) is 0.247. The van der Waals surface area contributed by atoms with Crippen molar-refractivity contribution in [1.82, 2.24) is 0 Å². The molecule has 0 spiro atoms. The Morgan fingerprint density at radius 3 is 0.806 bits per heavy atom. The van der Waals surface area contributed by atoms with Gasteiger partial charge >= 0.3 is 42.9 Å². The molecule has 0 aliphatic carbocycles. The van der Waals surface area contributed by atoms with Crippen LogP contribution in [0.5, 0.6) is 0 Å². The lowest BCUT2D eigenvalue weighted by molar-refractivity contribution is -0.315. The largest absolute Gasteiger partial charge is 0.574 e. The summed E-state index contributed by atoms with van der Waals surface area (Å²) in [6, 6.07) is -2.92. The van der Waals surface area contributed by atoms with Gasteiger partial charge in [-0.05, 0) is 6.58 Å². The van der Waals surface area contributed by atoms with E-state index in [1.807, 2.05) is 0 Å². The lowest BCUT2D eigenvalue weighted by Crippen LogP contribution is -2.11. The highest BCUT2D eigenvalue weighted by molar-refractivity contribution is 4.98. The van der Waals surface area contributed by atoms with Crippen LogP contribution in [-0.2, 0) is 4.74 Å². The summed E-state index contributed by atoms with van der Waals surface area (Å²) < 4.78 is 194. The van der Waals surface area contributed by atoms with Gasteiger partial charge in [0, 0.05) is 0 Å². The molecule has 0 aliphatic heterocycles. The minimum absolute atomic E-state index is 1.83. The molecule has 0 saturated heterocycles. The normalized spacial score (nSPS) is 9.35. The smallest absolute Gasteiger partial charge is 0.374 e. The second-order valence-corrected chi connectivity index (χ2v) is 3.01. The summed E-state index contributed by atoms with van der Waals surface area (Å²) in [4.78, 5) is 0. The van der Waals surface area contributed by atoms with Crippen molar-refractivity contribution in [2.45, 2.75) is 12.5 Å². The molecule has 0 bridgehead atoms. The van der Waals surface area contributed by atoms with Gasteiger partial charge < -0.3 is 4.74 Å². The van der Waals surface area contributed by atoms with Crippen molar-refractivity contribution in [3.63, 3.8) is 0 Å². The SMILES string of the molecule is C=C.C=C(F)F.FC(F)=C(F)C(F)(F)F.FC(F)=C(F)F.FC(F)=C(F)OC(F)(F)F. The van der Waals surface area contributed by atoms with E-state index < -0.39 is 54.8 Å². The molecule has 0 fully saturated rings. The van der Waals surface area contributed by atoms with Gasteiger partial charge in [0.25, 0.3) is 11.9 Å². The van der Waals surface area contributed by atoms with Crippen molar-refractivity contribution in [2.75, 3.05) is 0 Å². The zero-order chi connectivity index (χ0) is 26.7. The highest BCUT2D eigenvalue weighted by Crippen LogP contribution is 2.29. The quantitative estimate of drug-likeness (QED) is 0.195. The summed E-state index contributed by atoms with van der Waals surface area (Å²) in [5.41, 5.74) is 0. The van der Waals surface area contributed by atoms with Gasteiger partial charge in [-0.15, -0.1) is 26.3 Å². The molecule has 186 valence electrons. The second kappa shape index (κ2) is 19.2. The molecular weight excluding hydrogens is 502 g/mol. The summed E-state index contributed by atoms with van der Waals surface area (Å²) in [6.45, 7) is 8.22. The van der Waals surface area contributed by atoms with Crippen LogP contribution in [0.2, 0.25) is 0 Å². The Bertz CT molecular complexity index is 566. The lowest BCUT2D eigenvalue weighted by atomic mass is 10.6. The van der Waals surface area contributed by atoms with Crippen LogP contribution in [0.3, 0.4) is 0 Å². The Labute approximate surface area is 159 Å². The van der Waals surface area contributed by atoms with E-state index in [1.54, 1.807) is 0 Å². The minimum atomic E-state index is -5.56. The number of ether oxygens (including phenoxy) is 1. The van der Waals surface area contributed by atoms with Crippen LogP contribution in [0.1, 0.15) is 0 Å². The standard InChI is InChI=1S/C3F6O.C3F6.C2F4.C2H2F2.C2H4/c4-1(5)2(6)10-3(7,8)9;4-1(2(5)6)3(7,8)9;3-1(4)2(5)6;1-2(3)4;1-2/h;;;1H2;1-2H2. The van der Waals surface area contributed by atoms with Crippen molar-refractivity contribution in [1.29, 1.82) is 0 Å². The van der Waals surface area contributed by atoms with Crippen LogP contribution in [0.25, 0.3) is 0 Å². The van der Waals surface area contributed by atoms with E-state index >= 15 is 0 Å². The highest BCUT2D eigenvalue weighted by atomic mass is 19.4. The van der Waals surface area contributed by atoms with Gasteiger partial charge in [-0.1, -0.05) is 0 Å². The Morgan fingerprint density at radius 2 is 0.774 bits per heavy atom. The predicted octanol–water partition coefficient (Wildman–Crippen LogP) is 9.37. The molecule has 0 rings (SSSR count). The Hall–Kier alpha value is -2.76. The van der Waals surface area contributed by atoms with Gasteiger partial charge in [-0.2, -0.15) is 65.9 Å². The van der Waals surface area contributed by atoms with Crippen molar-refractivity contribution in [2.24, 2.45) is 0 Å². The van der Waals surface area contributed by atoms with Crippen LogP contribution in [0.15, 0.2) is 62.0 Å². The number of alkyl halides is 6. The van der Waals surface area contributed by atoms with Crippen LogP contribution < -0.4 is 0 Å². The lowest BCUT2D eigenvalue weighted by Gasteiger charge is -2.03. The number of allylic oxidation sites excluding steroid dienone is 1. The Balaban J connectivity index is -0.0000000986. The first-order valence-electron chi connectivity index (χ1n) is 5.66.